The number of benzene rings is 8. The predicted molar refractivity (Wildman–Crippen MR) is 193 cm³/mol. The maximum atomic E-state index is 2.46. The van der Waals surface area contributed by atoms with Gasteiger partial charge in [0.25, 0.3) is 0 Å². The molecule has 46 heavy (non-hydrogen) atoms. The normalized spacial score (nSPS) is 13.0. The summed E-state index contributed by atoms with van der Waals surface area (Å²) in [6.45, 7) is 0. The molecule has 1 aliphatic rings. The molecule has 0 aliphatic heterocycles. The summed E-state index contributed by atoms with van der Waals surface area (Å²) in [5.41, 5.74) is 10.7. The molecule has 1 nitrogen and oxygen atoms in total. The van der Waals surface area contributed by atoms with Crippen molar-refractivity contribution in [3.8, 4) is 11.1 Å². The Bertz CT molecular complexity index is 2250. The number of anilines is 3. The van der Waals surface area contributed by atoms with E-state index in [9.17, 15) is 0 Å². The van der Waals surface area contributed by atoms with E-state index in [2.05, 4.69) is 193 Å². The van der Waals surface area contributed by atoms with Crippen molar-refractivity contribution in [3.63, 3.8) is 0 Å². The summed E-state index contributed by atoms with van der Waals surface area (Å²) < 4.78 is 0. The quantitative estimate of drug-likeness (QED) is 0.194. The topological polar surface area (TPSA) is 3.24 Å². The van der Waals surface area contributed by atoms with Gasteiger partial charge in [-0.05, 0) is 68.4 Å². The minimum Gasteiger partial charge on any atom is -0.309 e. The molecule has 0 unspecified atom stereocenters. The molecule has 8 aromatic rings. The van der Waals surface area contributed by atoms with Gasteiger partial charge in [0.2, 0.25) is 0 Å². The van der Waals surface area contributed by atoms with Gasteiger partial charge in [-0.3, -0.25) is 0 Å². The Kier molecular flexibility index (Phi) is 6.11. The Hall–Kier alpha value is -5.92. The molecule has 0 aromatic heterocycles. The first-order valence-corrected chi connectivity index (χ1v) is 16.0. The second-order valence-electron chi connectivity index (χ2n) is 12.1. The van der Waals surface area contributed by atoms with Crippen molar-refractivity contribution in [1.82, 2.24) is 0 Å². The van der Waals surface area contributed by atoms with Crippen LogP contribution in [0, 0.1) is 0 Å². The number of hydrogen-bond donors (Lipinski definition) is 0. The first-order chi connectivity index (χ1) is 22.8. The van der Waals surface area contributed by atoms with Crippen LogP contribution in [-0.4, -0.2) is 0 Å². The molecule has 0 N–H and O–H groups in total. The van der Waals surface area contributed by atoms with E-state index in [1.165, 1.54) is 54.9 Å². The van der Waals surface area contributed by atoms with Gasteiger partial charge in [0, 0.05) is 16.5 Å². The van der Waals surface area contributed by atoms with Crippen molar-refractivity contribution in [1.29, 1.82) is 0 Å². The average Bonchev–Trinajstić information content (AvgIpc) is 3.44. The molecule has 0 amide bonds. The molecule has 0 fully saturated rings. The van der Waals surface area contributed by atoms with E-state index in [1.54, 1.807) is 0 Å². The highest BCUT2D eigenvalue weighted by Gasteiger charge is 2.46. The molecule has 1 heteroatoms. The lowest BCUT2D eigenvalue weighted by molar-refractivity contribution is 0.768. The van der Waals surface area contributed by atoms with Gasteiger partial charge in [-0.1, -0.05) is 164 Å². The molecule has 0 heterocycles. The molecule has 0 saturated heterocycles. The van der Waals surface area contributed by atoms with Gasteiger partial charge < -0.3 is 4.90 Å². The molecule has 0 spiro atoms. The van der Waals surface area contributed by atoms with Gasteiger partial charge in [0.05, 0.1) is 16.8 Å². The Morgan fingerprint density at radius 3 is 1.41 bits per heavy atom. The molecule has 0 radical (unpaired) electrons. The second-order valence-corrected chi connectivity index (χ2v) is 12.1. The van der Waals surface area contributed by atoms with Crippen LogP contribution in [0.4, 0.5) is 17.1 Å². The fourth-order valence-corrected chi connectivity index (χ4v) is 7.80. The van der Waals surface area contributed by atoms with Crippen molar-refractivity contribution < 1.29 is 0 Å². The Balaban J connectivity index is 1.37. The summed E-state index contributed by atoms with van der Waals surface area (Å²) >= 11 is 0. The maximum absolute atomic E-state index is 2.46. The number of nitrogens with zero attached hydrogens (tertiary/aromatic N) is 1. The molecular formula is C45H31N. The standard InChI is InChI=1S/C45H31N/c1-2-19-34(20-3-1)45(41-27-10-8-25-39(41)40-26-9-11-28-42(40)45)35-21-14-22-36(31-35)46(43-29-12-17-32-15-4-6-23-37(32)43)44-30-13-18-33-16-5-7-24-38(33)44/h1-31H. The fraction of sp³-hybridized carbons (Fsp3) is 0.0222. The molecule has 9 rings (SSSR count). The van der Waals surface area contributed by atoms with Gasteiger partial charge >= 0.3 is 0 Å². The number of fused-ring (bicyclic) bond motifs is 5. The van der Waals surface area contributed by atoms with Crippen molar-refractivity contribution in [3.05, 3.63) is 210 Å². The molecule has 0 saturated carbocycles. The first kappa shape index (κ1) is 26.5. The summed E-state index contributed by atoms with van der Waals surface area (Å²) in [5, 5.41) is 4.89. The van der Waals surface area contributed by atoms with E-state index < -0.39 is 5.41 Å². The summed E-state index contributed by atoms with van der Waals surface area (Å²) in [6, 6.07) is 68.8. The van der Waals surface area contributed by atoms with Crippen LogP contribution in [0.5, 0.6) is 0 Å². The van der Waals surface area contributed by atoms with E-state index in [0.29, 0.717) is 0 Å². The van der Waals surface area contributed by atoms with Crippen LogP contribution in [0.1, 0.15) is 22.3 Å². The molecule has 0 bridgehead atoms. The fourth-order valence-electron chi connectivity index (χ4n) is 7.80. The smallest absolute Gasteiger partial charge is 0.0714 e. The van der Waals surface area contributed by atoms with Crippen LogP contribution in [-0.2, 0) is 5.41 Å². The molecule has 216 valence electrons. The highest BCUT2D eigenvalue weighted by atomic mass is 15.1. The zero-order valence-corrected chi connectivity index (χ0v) is 25.3. The van der Waals surface area contributed by atoms with E-state index in [0.717, 1.165) is 17.1 Å². The number of hydrogen-bond acceptors (Lipinski definition) is 1. The minimum atomic E-state index is -0.465. The van der Waals surface area contributed by atoms with Gasteiger partial charge in [-0.2, -0.15) is 0 Å². The van der Waals surface area contributed by atoms with E-state index in [4.69, 9.17) is 0 Å². The van der Waals surface area contributed by atoms with Crippen LogP contribution in [0.25, 0.3) is 32.7 Å². The van der Waals surface area contributed by atoms with Crippen molar-refractivity contribution in [2.45, 2.75) is 5.41 Å². The van der Waals surface area contributed by atoms with E-state index in [1.807, 2.05) is 0 Å². The second kappa shape index (κ2) is 10.6. The van der Waals surface area contributed by atoms with Crippen LogP contribution in [0.2, 0.25) is 0 Å². The molecular weight excluding hydrogens is 555 g/mol. The Labute approximate surface area is 269 Å². The SMILES string of the molecule is c1ccc(C2(c3cccc(N(c4cccc5ccccc45)c4cccc5ccccc45)c3)c3ccccc3-c3ccccc32)cc1. The van der Waals surface area contributed by atoms with E-state index in [-0.39, 0.29) is 0 Å². The maximum Gasteiger partial charge on any atom is 0.0714 e. The lowest BCUT2D eigenvalue weighted by Crippen LogP contribution is -2.28. The first-order valence-electron chi connectivity index (χ1n) is 16.0. The Morgan fingerprint density at radius 2 is 0.804 bits per heavy atom. The zero-order valence-electron chi connectivity index (χ0n) is 25.3. The predicted octanol–water partition coefficient (Wildman–Crippen LogP) is 11.8. The number of rotatable bonds is 5. The van der Waals surface area contributed by atoms with Gasteiger partial charge in [-0.25, -0.2) is 0 Å². The highest BCUT2D eigenvalue weighted by molar-refractivity contribution is 6.04. The zero-order chi connectivity index (χ0) is 30.5. The molecule has 1 aliphatic carbocycles. The van der Waals surface area contributed by atoms with E-state index >= 15 is 0 Å². The van der Waals surface area contributed by atoms with Crippen LogP contribution in [0.3, 0.4) is 0 Å². The molecule has 0 atom stereocenters. The summed E-state index contributed by atoms with van der Waals surface area (Å²) in [5.74, 6) is 0. The van der Waals surface area contributed by atoms with Crippen molar-refractivity contribution in [2.24, 2.45) is 0 Å². The Morgan fingerprint density at radius 1 is 0.348 bits per heavy atom. The van der Waals surface area contributed by atoms with Gasteiger partial charge in [0.15, 0.2) is 0 Å². The van der Waals surface area contributed by atoms with Gasteiger partial charge in [0.1, 0.15) is 0 Å². The molecule has 8 aromatic carbocycles. The summed E-state index contributed by atoms with van der Waals surface area (Å²) in [4.78, 5) is 2.46. The van der Waals surface area contributed by atoms with Gasteiger partial charge in [-0.15, -0.1) is 0 Å². The third-order valence-electron chi connectivity index (χ3n) is 9.71. The largest absolute Gasteiger partial charge is 0.309 e. The summed E-state index contributed by atoms with van der Waals surface area (Å²) in [6.07, 6.45) is 0. The van der Waals surface area contributed by atoms with Crippen molar-refractivity contribution in [2.75, 3.05) is 4.90 Å². The monoisotopic (exact) mass is 585 g/mol. The van der Waals surface area contributed by atoms with Crippen LogP contribution >= 0.6 is 0 Å². The average molecular weight is 586 g/mol. The lowest BCUT2D eigenvalue weighted by Gasteiger charge is -2.35. The summed E-state index contributed by atoms with van der Waals surface area (Å²) in [7, 11) is 0. The third kappa shape index (κ3) is 3.89. The van der Waals surface area contributed by atoms with Crippen molar-refractivity contribution >= 4 is 38.6 Å². The third-order valence-corrected chi connectivity index (χ3v) is 9.71. The lowest BCUT2D eigenvalue weighted by atomic mass is 9.67. The minimum absolute atomic E-state index is 0.465. The van der Waals surface area contributed by atoms with Crippen LogP contribution in [0.15, 0.2) is 188 Å². The van der Waals surface area contributed by atoms with Crippen LogP contribution < -0.4 is 4.90 Å². The highest BCUT2D eigenvalue weighted by Crippen LogP contribution is 2.56.